The second-order valence-electron chi connectivity index (χ2n) is 5.27. The van der Waals surface area contributed by atoms with Crippen molar-refractivity contribution < 1.29 is 9.47 Å². The lowest BCUT2D eigenvalue weighted by molar-refractivity contribution is 0.349. The van der Waals surface area contributed by atoms with E-state index in [4.69, 9.17) is 21.1 Å². The van der Waals surface area contributed by atoms with Gasteiger partial charge in [-0.1, -0.05) is 25.4 Å². The molecule has 0 bridgehead atoms. The molecule has 106 valence electrons. The summed E-state index contributed by atoms with van der Waals surface area (Å²) in [4.78, 5) is 0. The smallest absolute Gasteiger partial charge is 0.165 e. The second kappa shape index (κ2) is 6.02. The number of halogens is 1. The zero-order chi connectivity index (χ0) is 14.0. The summed E-state index contributed by atoms with van der Waals surface area (Å²) in [5, 5.41) is 4.22. The molecule has 4 heteroatoms. The highest BCUT2D eigenvalue weighted by Crippen LogP contribution is 2.46. The number of benzene rings is 1. The quantitative estimate of drug-likeness (QED) is 0.916. The number of rotatable bonds is 4. The Morgan fingerprint density at radius 1 is 1.32 bits per heavy atom. The summed E-state index contributed by atoms with van der Waals surface area (Å²) in [5.74, 6) is 2.32. The van der Waals surface area contributed by atoms with Gasteiger partial charge in [0, 0.05) is 18.0 Å². The maximum Gasteiger partial charge on any atom is 0.165 e. The summed E-state index contributed by atoms with van der Waals surface area (Å²) in [5.41, 5.74) is 2.22. The van der Waals surface area contributed by atoms with E-state index in [9.17, 15) is 0 Å². The minimum atomic E-state index is 0.361. The Morgan fingerprint density at radius 2 is 2.05 bits per heavy atom. The van der Waals surface area contributed by atoms with E-state index < -0.39 is 0 Å². The second-order valence-corrected chi connectivity index (χ2v) is 5.65. The van der Waals surface area contributed by atoms with Crippen molar-refractivity contribution in [3.05, 3.63) is 22.2 Å². The van der Waals surface area contributed by atoms with Gasteiger partial charge in [0.1, 0.15) is 0 Å². The fourth-order valence-electron chi connectivity index (χ4n) is 2.71. The van der Waals surface area contributed by atoms with Crippen LogP contribution in [0.4, 0.5) is 0 Å². The minimum Gasteiger partial charge on any atom is -0.493 e. The van der Waals surface area contributed by atoms with Gasteiger partial charge in [-0.15, -0.1) is 0 Å². The Kier molecular flexibility index (Phi) is 4.58. The first-order chi connectivity index (χ1) is 9.10. The van der Waals surface area contributed by atoms with E-state index in [0.29, 0.717) is 11.8 Å². The zero-order valence-electron chi connectivity index (χ0n) is 12.0. The Balaban J connectivity index is 2.61. The van der Waals surface area contributed by atoms with Crippen molar-refractivity contribution >= 4 is 11.6 Å². The van der Waals surface area contributed by atoms with E-state index in [1.165, 1.54) is 0 Å². The van der Waals surface area contributed by atoms with Crippen LogP contribution in [0.15, 0.2) is 6.07 Å². The molecule has 0 aliphatic carbocycles. The highest BCUT2D eigenvalue weighted by atomic mass is 35.5. The molecule has 2 rings (SSSR count). The molecular formula is C15H22ClNO2. The van der Waals surface area contributed by atoms with Crippen LogP contribution in [0, 0.1) is 0 Å². The molecule has 1 fully saturated rings. The number of methoxy groups -OCH3 is 2. The summed E-state index contributed by atoms with van der Waals surface area (Å²) in [6, 6.07) is 2.00. The molecule has 0 spiro atoms. The number of hydrogen-bond acceptors (Lipinski definition) is 3. The molecular weight excluding hydrogens is 262 g/mol. The van der Waals surface area contributed by atoms with Gasteiger partial charge in [0.25, 0.3) is 0 Å². The predicted octanol–water partition coefficient (Wildman–Crippen LogP) is 3.56. The molecule has 1 aromatic rings. The topological polar surface area (TPSA) is 30.5 Å². The third-order valence-corrected chi connectivity index (χ3v) is 4.18. The van der Waals surface area contributed by atoms with Gasteiger partial charge in [-0.25, -0.2) is 0 Å². The summed E-state index contributed by atoms with van der Waals surface area (Å²) >= 11 is 6.63. The van der Waals surface area contributed by atoms with Gasteiger partial charge >= 0.3 is 0 Å². The first-order valence-electron chi connectivity index (χ1n) is 6.75. The lowest BCUT2D eigenvalue weighted by Crippen LogP contribution is -2.10. The van der Waals surface area contributed by atoms with Crippen LogP contribution in [0.25, 0.3) is 0 Å². The van der Waals surface area contributed by atoms with Gasteiger partial charge in [0.15, 0.2) is 11.5 Å². The SMILES string of the molecule is COc1cc(C(C)C)c(Cl)c(C2CCNC2)c1OC. The highest BCUT2D eigenvalue weighted by Gasteiger charge is 2.28. The molecule has 1 aliphatic heterocycles. The molecule has 3 nitrogen and oxygen atoms in total. The number of ether oxygens (including phenoxy) is 2. The van der Waals surface area contributed by atoms with E-state index >= 15 is 0 Å². The van der Waals surface area contributed by atoms with E-state index in [2.05, 4.69) is 19.2 Å². The van der Waals surface area contributed by atoms with Crippen LogP contribution in [0.1, 0.15) is 43.2 Å². The lowest BCUT2D eigenvalue weighted by Gasteiger charge is -2.22. The van der Waals surface area contributed by atoms with Crippen molar-refractivity contribution in [1.82, 2.24) is 5.32 Å². The lowest BCUT2D eigenvalue weighted by atomic mass is 9.91. The van der Waals surface area contributed by atoms with Crippen molar-refractivity contribution in [3.8, 4) is 11.5 Å². The van der Waals surface area contributed by atoms with E-state index in [1.807, 2.05) is 6.07 Å². The van der Waals surface area contributed by atoms with E-state index in [-0.39, 0.29) is 0 Å². The standard InChI is InChI=1S/C15H22ClNO2/c1-9(2)11-7-12(18-3)15(19-4)13(14(11)16)10-5-6-17-8-10/h7,9-10,17H,5-6,8H2,1-4H3. The Bertz CT molecular complexity index is 454. The first-order valence-corrected chi connectivity index (χ1v) is 7.12. The van der Waals surface area contributed by atoms with Crippen LogP contribution in [-0.4, -0.2) is 27.3 Å². The number of hydrogen-bond donors (Lipinski definition) is 1. The fraction of sp³-hybridized carbons (Fsp3) is 0.600. The molecule has 1 aliphatic rings. The maximum absolute atomic E-state index is 6.63. The molecule has 0 amide bonds. The molecule has 1 unspecified atom stereocenters. The van der Waals surface area contributed by atoms with Gasteiger partial charge < -0.3 is 14.8 Å². The average molecular weight is 284 g/mol. The molecule has 0 saturated carbocycles. The molecule has 0 aromatic heterocycles. The van der Waals surface area contributed by atoms with Gasteiger partial charge in [0.05, 0.1) is 19.2 Å². The predicted molar refractivity (Wildman–Crippen MR) is 78.9 cm³/mol. The summed E-state index contributed by atoms with van der Waals surface area (Å²) in [7, 11) is 3.35. The highest BCUT2D eigenvalue weighted by molar-refractivity contribution is 6.32. The third-order valence-electron chi connectivity index (χ3n) is 3.76. The Labute approximate surface area is 120 Å². The molecule has 1 heterocycles. The Hall–Kier alpha value is -0.930. The van der Waals surface area contributed by atoms with Crippen LogP contribution in [-0.2, 0) is 0 Å². The van der Waals surface area contributed by atoms with Crippen molar-refractivity contribution in [2.24, 2.45) is 0 Å². The molecule has 1 atom stereocenters. The van der Waals surface area contributed by atoms with Gasteiger partial charge in [-0.3, -0.25) is 0 Å². The van der Waals surface area contributed by atoms with Crippen molar-refractivity contribution in [2.45, 2.75) is 32.1 Å². The monoisotopic (exact) mass is 283 g/mol. The van der Waals surface area contributed by atoms with Crippen LogP contribution in [0.2, 0.25) is 5.02 Å². The minimum absolute atomic E-state index is 0.361. The largest absolute Gasteiger partial charge is 0.493 e. The first kappa shape index (κ1) is 14.5. The molecule has 1 saturated heterocycles. The normalized spacial score (nSPS) is 18.9. The van der Waals surface area contributed by atoms with E-state index in [0.717, 1.165) is 47.2 Å². The Morgan fingerprint density at radius 3 is 2.53 bits per heavy atom. The van der Waals surface area contributed by atoms with Crippen molar-refractivity contribution in [3.63, 3.8) is 0 Å². The van der Waals surface area contributed by atoms with Gasteiger partial charge in [-0.05, 0) is 30.5 Å². The van der Waals surface area contributed by atoms with Crippen molar-refractivity contribution in [1.29, 1.82) is 0 Å². The van der Waals surface area contributed by atoms with E-state index in [1.54, 1.807) is 14.2 Å². The molecule has 1 aromatic carbocycles. The van der Waals surface area contributed by atoms with Gasteiger partial charge in [0.2, 0.25) is 0 Å². The molecule has 0 radical (unpaired) electrons. The zero-order valence-corrected chi connectivity index (χ0v) is 12.8. The third kappa shape index (κ3) is 2.67. The summed E-state index contributed by atoms with van der Waals surface area (Å²) in [6.45, 7) is 6.26. The summed E-state index contributed by atoms with van der Waals surface area (Å²) < 4.78 is 11.0. The molecule has 1 N–H and O–H groups in total. The summed E-state index contributed by atoms with van der Waals surface area (Å²) in [6.07, 6.45) is 1.08. The average Bonchev–Trinajstić information content (AvgIpc) is 2.91. The van der Waals surface area contributed by atoms with Crippen LogP contribution >= 0.6 is 11.6 Å². The number of nitrogens with one attached hydrogen (secondary N) is 1. The molecule has 19 heavy (non-hydrogen) atoms. The van der Waals surface area contributed by atoms with Crippen LogP contribution in [0.5, 0.6) is 11.5 Å². The van der Waals surface area contributed by atoms with Gasteiger partial charge in [-0.2, -0.15) is 0 Å². The van der Waals surface area contributed by atoms with Crippen molar-refractivity contribution in [2.75, 3.05) is 27.3 Å². The maximum atomic E-state index is 6.63. The van der Waals surface area contributed by atoms with Crippen LogP contribution in [0.3, 0.4) is 0 Å². The van der Waals surface area contributed by atoms with Crippen LogP contribution < -0.4 is 14.8 Å². The fourth-order valence-corrected chi connectivity index (χ4v) is 3.22.